The normalized spacial score (nSPS) is 22.8. The molecule has 1 aliphatic rings. The van der Waals surface area contributed by atoms with E-state index in [1.807, 2.05) is 6.92 Å². The van der Waals surface area contributed by atoms with Crippen LogP contribution < -0.4 is 10.1 Å². The maximum atomic E-state index is 12.0. The van der Waals surface area contributed by atoms with Crippen LogP contribution in [-0.4, -0.2) is 36.9 Å². The number of nitrogens with one attached hydrogen (secondary N) is 1. The van der Waals surface area contributed by atoms with Gasteiger partial charge in [-0.2, -0.15) is 0 Å². The van der Waals surface area contributed by atoms with Crippen molar-refractivity contribution >= 4 is 5.91 Å². The number of amides is 1. The number of rotatable bonds is 3. The Bertz CT molecular complexity index is 447. The van der Waals surface area contributed by atoms with Crippen molar-refractivity contribution in [2.75, 3.05) is 13.7 Å². The van der Waals surface area contributed by atoms with Crippen LogP contribution in [0.1, 0.15) is 23.7 Å². The lowest BCUT2D eigenvalue weighted by molar-refractivity contribution is 0.0866. The first-order chi connectivity index (χ1) is 8.61. The second kappa shape index (κ2) is 5.27. The zero-order valence-electron chi connectivity index (χ0n) is 10.5. The van der Waals surface area contributed by atoms with Gasteiger partial charge in [-0.3, -0.25) is 4.79 Å². The van der Waals surface area contributed by atoms with Crippen molar-refractivity contribution < 1.29 is 19.4 Å². The summed E-state index contributed by atoms with van der Waals surface area (Å²) in [5.74, 6) is 0.0975. The van der Waals surface area contributed by atoms with Crippen LogP contribution in [0.25, 0.3) is 0 Å². The van der Waals surface area contributed by atoms with Crippen molar-refractivity contribution in [1.29, 1.82) is 0 Å². The van der Waals surface area contributed by atoms with E-state index in [9.17, 15) is 9.90 Å². The van der Waals surface area contributed by atoms with E-state index in [4.69, 9.17) is 9.47 Å². The van der Waals surface area contributed by atoms with Crippen LogP contribution in [0.3, 0.4) is 0 Å². The van der Waals surface area contributed by atoms with Crippen molar-refractivity contribution in [2.24, 2.45) is 0 Å². The van der Waals surface area contributed by atoms with E-state index in [0.29, 0.717) is 17.9 Å². The summed E-state index contributed by atoms with van der Waals surface area (Å²) in [4.78, 5) is 12.0. The summed E-state index contributed by atoms with van der Waals surface area (Å²) in [5, 5.41) is 12.5. The maximum Gasteiger partial charge on any atom is 0.251 e. The Balaban J connectivity index is 2.07. The molecule has 0 aliphatic carbocycles. The summed E-state index contributed by atoms with van der Waals surface area (Å²) in [6.07, 6.45) is 0.843. The van der Waals surface area contributed by atoms with Gasteiger partial charge in [0.15, 0.2) is 11.5 Å². The first-order valence-corrected chi connectivity index (χ1v) is 5.91. The molecule has 18 heavy (non-hydrogen) atoms. The van der Waals surface area contributed by atoms with Gasteiger partial charge in [0, 0.05) is 12.2 Å². The number of aromatic hydroxyl groups is 1. The summed E-state index contributed by atoms with van der Waals surface area (Å²) in [7, 11) is 1.46. The van der Waals surface area contributed by atoms with Gasteiger partial charge >= 0.3 is 0 Å². The van der Waals surface area contributed by atoms with Gasteiger partial charge in [-0.25, -0.2) is 0 Å². The first kappa shape index (κ1) is 12.7. The summed E-state index contributed by atoms with van der Waals surface area (Å²) >= 11 is 0. The van der Waals surface area contributed by atoms with Gasteiger partial charge in [-0.05, 0) is 31.5 Å². The highest BCUT2D eigenvalue weighted by atomic mass is 16.5. The average Bonchev–Trinajstić information content (AvgIpc) is 2.75. The topological polar surface area (TPSA) is 67.8 Å². The molecule has 2 rings (SSSR count). The number of hydrogen-bond donors (Lipinski definition) is 2. The molecule has 0 bridgehead atoms. The third kappa shape index (κ3) is 2.56. The molecule has 0 spiro atoms. The van der Waals surface area contributed by atoms with E-state index in [2.05, 4.69) is 5.32 Å². The Morgan fingerprint density at radius 1 is 1.56 bits per heavy atom. The zero-order valence-corrected chi connectivity index (χ0v) is 10.5. The van der Waals surface area contributed by atoms with Gasteiger partial charge in [0.1, 0.15) is 0 Å². The smallest absolute Gasteiger partial charge is 0.251 e. The molecule has 1 saturated heterocycles. The fourth-order valence-electron chi connectivity index (χ4n) is 2.00. The van der Waals surface area contributed by atoms with Crippen LogP contribution in [0.2, 0.25) is 0 Å². The number of phenolic OH excluding ortho intramolecular Hbond substituents is 1. The molecule has 1 heterocycles. The molecule has 0 radical (unpaired) electrons. The monoisotopic (exact) mass is 251 g/mol. The molecule has 1 aliphatic heterocycles. The zero-order chi connectivity index (χ0) is 13.1. The van der Waals surface area contributed by atoms with E-state index in [0.717, 1.165) is 6.42 Å². The SMILES string of the molecule is COc1ccc(C(=O)NC2CCOC2C)cc1O. The summed E-state index contributed by atoms with van der Waals surface area (Å²) in [6, 6.07) is 4.61. The number of benzene rings is 1. The molecule has 1 amide bonds. The van der Waals surface area contributed by atoms with Crippen LogP contribution in [0.4, 0.5) is 0 Å². The highest BCUT2D eigenvalue weighted by molar-refractivity contribution is 5.95. The Kier molecular flexibility index (Phi) is 3.72. The lowest BCUT2D eigenvalue weighted by Gasteiger charge is -2.16. The standard InChI is InChI=1S/C13H17NO4/c1-8-10(5-6-18-8)14-13(16)9-3-4-12(17-2)11(15)7-9/h3-4,7-8,10,15H,5-6H2,1-2H3,(H,14,16). The number of hydrogen-bond acceptors (Lipinski definition) is 4. The first-order valence-electron chi connectivity index (χ1n) is 5.91. The van der Waals surface area contributed by atoms with Crippen LogP contribution in [0.15, 0.2) is 18.2 Å². The predicted molar refractivity (Wildman–Crippen MR) is 65.9 cm³/mol. The second-order valence-corrected chi connectivity index (χ2v) is 4.33. The van der Waals surface area contributed by atoms with Crippen LogP contribution in [0.5, 0.6) is 11.5 Å². The number of carbonyl (C=O) groups is 1. The molecule has 2 unspecified atom stereocenters. The van der Waals surface area contributed by atoms with E-state index < -0.39 is 0 Å². The number of ether oxygens (including phenoxy) is 2. The van der Waals surface area contributed by atoms with Gasteiger partial charge in [-0.15, -0.1) is 0 Å². The van der Waals surface area contributed by atoms with Crippen molar-refractivity contribution in [1.82, 2.24) is 5.32 Å². The molecule has 2 atom stereocenters. The van der Waals surface area contributed by atoms with Gasteiger partial charge in [0.05, 0.1) is 19.3 Å². The van der Waals surface area contributed by atoms with Gasteiger partial charge in [-0.1, -0.05) is 0 Å². The van der Waals surface area contributed by atoms with E-state index in [-0.39, 0.29) is 23.8 Å². The molecular weight excluding hydrogens is 234 g/mol. The molecule has 5 nitrogen and oxygen atoms in total. The highest BCUT2D eigenvalue weighted by Crippen LogP contribution is 2.26. The Hall–Kier alpha value is -1.75. The molecule has 5 heteroatoms. The fourth-order valence-corrected chi connectivity index (χ4v) is 2.00. The minimum absolute atomic E-state index is 0.0285. The molecule has 1 fully saturated rings. The quantitative estimate of drug-likeness (QED) is 0.850. The Morgan fingerprint density at radius 3 is 2.89 bits per heavy atom. The third-order valence-electron chi connectivity index (χ3n) is 3.13. The molecule has 1 aromatic carbocycles. The van der Waals surface area contributed by atoms with E-state index in [1.54, 1.807) is 12.1 Å². The minimum Gasteiger partial charge on any atom is -0.504 e. The molecule has 0 aromatic heterocycles. The fraction of sp³-hybridized carbons (Fsp3) is 0.462. The summed E-state index contributed by atoms with van der Waals surface area (Å²) in [5.41, 5.74) is 0.410. The van der Waals surface area contributed by atoms with E-state index >= 15 is 0 Å². The number of methoxy groups -OCH3 is 1. The third-order valence-corrected chi connectivity index (χ3v) is 3.13. The average molecular weight is 251 g/mol. The van der Waals surface area contributed by atoms with Crippen LogP contribution >= 0.6 is 0 Å². The van der Waals surface area contributed by atoms with Gasteiger partial charge in [0.25, 0.3) is 5.91 Å². The Labute approximate surface area is 106 Å². The van der Waals surface area contributed by atoms with Crippen molar-refractivity contribution in [3.63, 3.8) is 0 Å². The molecule has 1 aromatic rings. The second-order valence-electron chi connectivity index (χ2n) is 4.33. The molecule has 98 valence electrons. The van der Waals surface area contributed by atoms with E-state index in [1.165, 1.54) is 13.2 Å². The Morgan fingerprint density at radius 2 is 2.33 bits per heavy atom. The highest BCUT2D eigenvalue weighted by Gasteiger charge is 2.26. The lowest BCUT2D eigenvalue weighted by Crippen LogP contribution is -2.39. The van der Waals surface area contributed by atoms with Gasteiger partial charge in [0.2, 0.25) is 0 Å². The van der Waals surface area contributed by atoms with Crippen molar-refractivity contribution in [2.45, 2.75) is 25.5 Å². The number of carbonyl (C=O) groups excluding carboxylic acids is 1. The molecule has 2 N–H and O–H groups in total. The van der Waals surface area contributed by atoms with Gasteiger partial charge < -0.3 is 19.9 Å². The van der Waals surface area contributed by atoms with Crippen molar-refractivity contribution in [3.8, 4) is 11.5 Å². The van der Waals surface area contributed by atoms with Crippen LogP contribution in [0, 0.1) is 0 Å². The maximum absolute atomic E-state index is 12.0. The lowest BCUT2D eigenvalue weighted by atomic mass is 10.1. The minimum atomic E-state index is -0.213. The van der Waals surface area contributed by atoms with Crippen LogP contribution in [-0.2, 0) is 4.74 Å². The molecular formula is C13H17NO4. The number of phenols is 1. The largest absolute Gasteiger partial charge is 0.504 e. The predicted octanol–water partition coefficient (Wildman–Crippen LogP) is 1.31. The summed E-state index contributed by atoms with van der Waals surface area (Å²) < 4.78 is 10.3. The van der Waals surface area contributed by atoms with Crippen molar-refractivity contribution in [3.05, 3.63) is 23.8 Å². The molecule has 0 saturated carbocycles. The summed E-state index contributed by atoms with van der Waals surface area (Å²) in [6.45, 7) is 2.60.